The van der Waals surface area contributed by atoms with E-state index in [1.807, 2.05) is 66.7 Å². The van der Waals surface area contributed by atoms with Crippen molar-refractivity contribution in [2.24, 2.45) is 0 Å². The normalized spacial score (nSPS) is 30.6. The van der Waals surface area contributed by atoms with Gasteiger partial charge in [0.15, 0.2) is 6.23 Å². The average molecular weight is 453 g/mol. The molecule has 2 aromatic rings. The van der Waals surface area contributed by atoms with Gasteiger partial charge < -0.3 is 30.1 Å². The SMILES string of the molecule is N#CC1=C(S)N([C@H]2O[C@@H](CO)[C@@H](O)[C@@H](O)[C@H]2O)C(c2ccccc2)=C[C@@H]1c1ccccc1. The number of ether oxygens (including phenoxy) is 1. The minimum atomic E-state index is -1.55. The second kappa shape index (κ2) is 9.46. The van der Waals surface area contributed by atoms with Gasteiger partial charge in [-0.15, -0.1) is 12.6 Å². The fraction of sp³-hybridized carbons (Fsp3) is 0.292. The molecule has 8 heteroatoms. The van der Waals surface area contributed by atoms with Crippen molar-refractivity contribution in [1.29, 1.82) is 5.26 Å². The molecule has 0 radical (unpaired) electrons. The van der Waals surface area contributed by atoms with Crippen molar-refractivity contribution in [3.8, 4) is 6.07 Å². The van der Waals surface area contributed by atoms with Crippen molar-refractivity contribution in [2.45, 2.75) is 36.6 Å². The number of allylic oxidation sites excluding steroid dienone is 2. The highest BCUT2D eigenvalue weighted by Gasteiger charge is 2.48. The molecule has 1 fully saturated rings. The van der Waals surface area contributed by atoms with Gasteiger partial charge in [0.25, 0.3) is 0 Å². The molecule has 0 saturated carbocycles. The van der Waals surface area contributed by atoms with Gasteiger partial charge in [-0.3, -0.25) is 0 Å². The van der Waals surface area contributed by atoms with Crippen LogP contribution in [0.3, 0.4) is 0 Å². The van der Waals surface area contributed by atoms with Gasteiger partial charge in [-0.2, -0.15) is 5.26 Å². The second-order valence-corrected chi connectivity index (χ2v) is 8.17. The van der Waals surface area contributed by atoms with Crippen LogP contribution in [-0.4, -0.2) is 62.6 Å². The summed E-state index contributed by atoms with van der Waals surface area (Å²) in [5, 5.41) is 51.2. The average Bonchev–Trinajstić information content (AvgIpc) is 2.84. The van der Waals surface area contributed by atoms with Gasteiger partial charge in [-0.05, 0) is 17.2 Å². The minimum Gasteiger partial charge on any atom is -0.394 e. The van der Waals surface area contributed by atoms with E-state index in [0.29, 0.717) is 11.3 Å². The lowest BCUT2D eigenvalue weighted by Crippen LogP contribution is -2.62. The number of thiol groups is 1. The maximum atomic E-state index is 10.8. The Morgan fingerprint density at radius 3 is 2.16 bits per heavy atom. The number of nitrogens with zero attached hydrogens (tertiary/aromatic N) is 2. The monoisotopic (exact) mass is 452 g/mol. The number of aliphatic hydroxyl groups is 4. The van der Waals surface area contributed by atoms with Gasteiger partial charge in [0.2, 0.25) is 0 Å². The van der Waals surface area contributed by atoms with Crippen LogP contribution in [0.5, 0.6) is 0 Å². The molecular weight excluding hydrogens is 428 g/mol. The molecule has 0 spiro atoms. The van der Waals surface area contributed by atoms with Crippen molar-refractivity contribution >= 4 is 18.3 Å². The molecule has 2 aliphatic rings. The Hall–Kier alpha value is -2.64. The molecule has 4 rings (SSSR count). The summed E-state index contributed by atoms with van der Waals surface area (Å²) in [6.07, 6.45) is -4.94. The topological polar surface area (TPSA) is 117 Å². The Kier molecular flexibility index (Phi) is 6.67. The molecule has 2 aromatic carbocycles. The third-order valence-electron chi connectivity index (χ3n) is 5.83. The molecule has 7 nitrogen and oxygen atoms in total. The first kappa shape index (κ1) is 22.6. The van der Waals surface area contributed by atoms with Gasteiger partial charge >= 0.3 is 0 Å². The van der Waals surface area contributed by atoms with E-state index in [4.69, 9.17) is 4.74 Å². The maximum Gasteiger partial charge on any atom is 0.164 e. The van der Waals surface area contributed by atoms with E-state index in [9.17, 15) is 25.7 Å². The lowest BCUT2D eigenvalue weighted by atomic mass is 9.87. The van der Waals surface area contributed by atoms with Crippen LogP contribution in [0.25, 0.3) is 5.70 Å². The predicted molar refractivity (Wildman–Crippen MR) is 121 cm³/mol. The molecule has 2 aliphatic heterocycles. The van der Waals surface area contributed by atoms with Crippen LogP contribution in [0.2, 0.25) is 0 Å². The highest BCUT2D eigenvalue weighted by Crippen LogP contribution is 2.44. The van der Waals surface area contributed by atoms with Crippen LogP contribution in [0.15, 0.2) is 77.3 Å². The Bertz CT molecular complexity index is 1050. The van der Waals surface area contributed by atoms with Crippen molar-refractivity contribution in [3.63, 3.8) is 0 Å². The van der Waals surface area contributed by atoms with Crippen molar-refractivity contribution in [3.05, 3.63) is 88.5 Å². The quantitative estimate of drug-likeness (QED) is 0.447. The summed E-state index contributed by atoms with van der Waals surface area (Å²) in [7, 11) is 0. The number of nitriles is 1. The standard InChI is InChI=1S/C24H24N2O5S/c25-12-17-16(14-7-3-1-4-8-14)11-18(15-9-5-2-6-10-15)26(24(17)32)23-22(30)21(29)20(28)19(13-27)31-23/h1-11,16,19-23,27-30,32H,13H2/t16-,19+,20-,21-,22-,23+/m1/s1. The minimum absolute atomic E-state index is 0.257. The van der Waals surface area contributed by atoms with E-state index in [-0.39, 0.29) is 10.9 Å². The summed E-state index contributed by atoms with van der Waals surface area (Å²) in [6, 6.07) is 21.1. The lowest BCUT2D eigenvalue weighted by Gasteiger charge is -2.47. The summed E-state index contributed by atoms with van der Waals surface area (Å²) in [5.41, 5.74) is 2.65. The molecule has 0 bridgehead atoms. The third-order valence-corrected chi connectivity index (χ3v) is 6.29. The van der Waals surface area contributed by atoms with E-state index in [2.05, 4.69) is 18.7 Å². The Labute approximate surface area is 191 Å². The zero-order chi connectivity index (χ0) is 22.8. The molecule has 166 valence electrons. The number of rotatable bonds is 4. The number of hydrogen-bond donors (Lipinski definition) is 5. The summed E-state index contributed by atoms with van der Waals surface area (Å²) >= 11 is 4.66. The van der Waals surface area contributed by atoms with Gasteiger partial charge in [0, 0.05) is 11.6 Å². The summed E-state index contributed by atoms with van der Waals surface area (Å²) < 4.78 is 5.81. The molecule has 32 heavy (non-hydrogen) atoms. The first-order valence-electron chi connectivity index (χ1n) is 10.2. The lowest BCUT2D eigenvalue weighted by molar-refractivity contribution is -0.252. The van der Waals surface area contributed by atoms with Crippen molar-refractivity contribution in [2.75, 3.05) is 6.61 Å². The van der Waals surface area contributed by atoms with Crippen molar-refractivity contribution in [1.82, 2.24) is 4.90 Å². The molecule has 0 unspecified atom stereocenters. The first-order valence-corrected chi connectivity index (χ1v) is 10.7. The van der Waals surface area contributed by atoms with Crippen LogP contribution in [0, 0.1) is 11.3 Å². The molecule has 6 atom stereocenters. The molecule has 0 aliphatic carbocycles. The van der Waals surface area contributed by atoms with Crippen LogP contribution in [0.4, 0.5) is 0 Å². The van der Waals surface area contributed by atoms with E-state index >= 15 is 0 Å². The van der Waals surface area contributed by atoms with Gasteiger partial charge in [-0.1, -0.05) is 60.7 Å². The molecule has 0 aromatic heterocycles. The largest absolute Gasteiger partial charge is 0.394 e. The smallest absolute Gasteiger partial charge is 0.164 e. The van der Waals surface area contributed by atoms with Gasteiger partial charge in [0.1, 0.15) is 24.4 Å². The fourth-order valence-electron chi connectivity index (χ4n) is 4.14. The Morgan fingerprint density at radius 1 is 0.938 bits per heavy atom. The van der Waals surface area contributed by atoms with Gasteiger partial charge in [-0.25, -0.2) is 0 Å². The highest BCUT2D eigenvalue weighted by molar-refractivity contribution is 7.84. The zero-order valence-corrected chi connectivity index (χ0v) is 18.0. The molecule has 4 N–H and O–H groups in total. The summed E-state index contributed by atoms with van der Waals surface area (Å²) in [4.78, 5) is 1.54. The molecule has 1 saturated heterocycles. The van der Waals surface area contributed by atoms with E-state index in [0.717, 1.165) is 11.1 Å². The zero-order valence-electron chi connectivity index (χ0n) is 17.1. The Balaban J connectivity index is 1.86. The molecule has 0 amide bonds. The van der Waals surface area contributed by atoms with E-state index in [1.54, 1.807) is 4.90 Å². The maximum absolute atomic E-state index is 10.8. The van der Waals surface area contributed by atoms with E-state index in [1.165, 1.54) is 0 Å². The summed E-state index contributed by atoms with van der Waals surface area (Å²) in [6.45, 7) is -0.553. The van der Waals surface area contributed by atoms with Crippen LogP contribution < -0.4 is 0 Å². The van der Waals surface area contributed by atoms with Crippen molar-refractivity contribution < 1.29 is 25.2 Å². The number of benzene rings is 2. The van der Waals surface area contributed by atoms with Crippen LogP contribution in [-0.2, 0) is 4.74 Å². The first-order chi connectivity index (χ1) is 15.5. The van der Waals surface area contributed by atoms with E-state index < -0.39 is 37.3 Å². The van der Waals surface area contributed by atoms with Crippen LogP contribution >= 0.6 is 12.6 Å². The number of aliphatic hydroxyl groups excluding tert-OH is 4. The molecule has 2 heterocycles. The Morgan fingerprint density at radius 2 is 1.56 bits per heavy atom. The van der Waals surface area contributed by atoms with Gasteiger partial charge in [0.05, 0.1) is 23.3 Å². The third kappa shape index (κ3) is 3.95. The predicted octanol–water partition coefficient (Wildman–Crippen LogP) is 1.59. The summed E-state index contributed by atoms with van der Waals surface area (Å²) in [5.74, 6) is -0.384. The van der Waals surface area contributed by atoms with Crippen LogP contribution in [0.1, 0.15) is 17.0 Å². The fourth-order valence-corrected chi connectivity index (χ4v) is 4.56. The second-order valence-electron chi connectivity index (χ2n) is 7.74. The molecular formula is C24H24N2O5S. The highest BCUT2D eigenvalue weighted by atomic mass is 32.1. The number of hydrogen-bond acceptors (Lipinski definition) is 8.